The predicted molar refractivity (Wildman–Crippen MR) is 78.9 cm³/mol. The van der Waals surface area contributed by atoms with Crippen molar-refractivity contribution in [1.82, 2.24) is 9.97 Å². The maximum atomic E-state index is 13.6. The molecule has 4 nitrogen and oxygen atoms in total. The molecule has 0 bridgehead atoms. The Labute approximate surface area is 127 Å². The molecule has 2 heterocycles. The zero-order chi connectivity index (χ0) is 15.5. The largest absolute Gasteiger partial charge is 0.473 e. The quantitative estimate of drug-likeness (QED) is 0.869. The molecule has 1 aromatic heterocycles. The van der Waals surface area contributed by atoms with Crippen LogP contribution in [0.4, 0.5) is 14.7 Å². The predicted octanol–water partition coefficient (Wildman–Crippen LogP) is 3.24. The van der Waals surface area contributed by atoms with E-state index in [0.29, 0.717) is 11.8 Å². The van der Waals surface area contributed by atoms with Crippen LogP contribution in [0.15, 0.2) is 24.3 Å². The Kier molecular flexibility index (Phi) is 4.18. The molecule has 0 amide bonds. The lowest BCUT2D eigenvalue weighted by Gasteiger charge is -2.16. The number of halogens is 2. The lowest BCUT2D eigenvalue weighted by atomic mass is 10.2. The molecule has 1 saturated heterocycles. The number of rotatable bonds is 4. The van der Waals surface area contributed by atoms with Crippen molar-refractivity contribution in [3.05, 3.63) is 47.2 Å². The number of hydrogen-bond donors (Lipinski definition) is 0. The third-order valence-corrected chi connectivity index (χ3v) is 3.59. The first kappa shape index (κ1) is 14.7. The van der Waals surface area contributed by atoms with Crippen LogP contribution in [0.3, 0.4) is 0 Å². The Balaban J connectivity index is 1.75. The van der Waals surface area contributed by atoms with Gasteiger partial charge in [0.05, 0.1) is 0 Å². The van der Waals surface area contributed by atoms with Crippen molar-refractivity contribution in [2.24, 2.45) is 0 Å². The normalized spacial score (nSPS) is 14.4. The van der Waals surface area contributed by atoms with Gasteiger partial charge in [0, 0.05) is 30.4 Å². The monoisotopic (exact) mass is 305 g/mol. The summed E-state index contributed by atoms with van der Waals surface area (Å²) in [6, 6.07) is 5.00. The zero-order valence-electron chi connectivity index (χ0n) is 12.4. The van der Waals surface area contributed by atoms with E-state index in [1.807, 2.05) is 6.92 Å². The zero-order valence-corrected chi connectivity index (χ0v) is 12.4. The number of ether oxygens (including phenoxy) is 1. The standard InChI is InChI=1S/C16H17F2N3O/c1-11-8-15(20-16(19-11)21-6-2-3-7-21)22-10-12-9-13(17)4-5-14(12)18/h4-5,8-9H,2-3,6-7,10H2,1H3. The van der Waals surface area contributed by atoms with Crippen LogP contribution in [0, 0.1) is 18.6 Å². The second-order valence-electron chi connectivity index (χ2n) is 5.37. The third kappa shape index (κ3) is 3.32. The van der Waals surface area contributed by atoms with Crippen LogP contribution < -0.4 is 9.64 Å². The van der Waals surface area contributed by atoms with E-state index in [0.717, 1.165) is 49.8 Å². The van der Waals surface area contributed by atoms with Gasteiger partial charge in [-0.25, -0.2) is 13.8 Å². The Morgan fingerprint density at radius 1 is 1.14 bits per heavy atom. The molecule has 1 aliphatic heterocycles. The molecule has 116 valence electrons. The first-order valence-electron chi connectivity index (χ1n) is 7.29. The summed E-state index contributed by atoms with van der Waals surface area (Å²) in [4.78, 5) is 10.9. The van der Waals surface area contributed by atoms with Crippen molar-refractivity contribution in [3.8, 4) is 5.88 Å². The van der Waals surface area contributed by atoms with Gasteiger partial charge in [-0.15, -0.1) is 0 Å². The number of aryl methyl sites for hydroxylation is 1. The molecule has 0 spiro atoms. The highest BCUT2D eigenvalue weighted by Crippen LogP contribution is 2.20. The van der Waals surface area contributed by atoms with Gasteiger partial charge in [-0.1, -0.05) is 0 Å². The van der Waals surface area contributed by atoms with Crippen molar-refractivity contribution < 1.29 is 13.5 Å². The summed E-state index contributed by atoms with van der Waals surface area (Å²) < 4.78 is 32.3. The van der Waals surface area contributed by atoms with Crippen molar-refractivity contribution in [1.29, 1.82) is 0 Å². The van der Waals surface area contributed by atoms with Crippen molar-refractivity contribution in [2.75, 3.05) is 18.0 Å². The molecule has 0 radical (unpaired) electrons. The lowest BCUT2D eigenvalue weighted by molar-refractivity contribution is 0.286. The molecule has 1 fully saturated rings. The lowest BCUT2D eigenvalue weighted by Crippen LogP contribution is -2.21. The highest BCUT2D eigenvalue weighted by Gasteiger charge is 2.16. The fourth-order valence-electron chi connectivity index (χ4n) is 2.46. The Morgan fingerprint density at radius 2 is 1.91 bits per heavy atom. The summed E-state index contributed by atoms with van der Waals surface area (Å²) in [7, 11) is 0. The van der Waals surface area contributed by atoms with Gasteiger partial charge in [-0.05, 0) is 38.0 Å². The Morgan fingerprint density at radius 3 is 2.68 bits per heavy atom. The van der Waals surface area contributed by atoms with Crippen LogP contribution >= 0.6 is 0 Å². The maximum absolute atomic E-state index is 13.6. The van der Waals surface area contributed by atoms with Crippen LogP contribution in [0.5, 0.6) is 5.88 Å². The molecule has 0 N–H and O–H groups in total. The molecule has 3 rings (SSSR count). The van der Waals surface area contributed by atoms with Crippen LogP contribution in [0.2, 0.25) is 0 Å². The summed E-state index contributed by atoms with van der Waals surface area (Å²) in [5.41, 5.74) is 0.950. The number of nitrogens with zero attached hydrogens (tertiary/aromatic N) is 3. The summed E-state index contributed by atoms with van der Waals surface area (Å²) in [6.07, 6.45) is 2.25. The molecule has 1 aliphatic rings. The first-order chi connectivity index (χ1) is 10.6. The fourth-order valence-corrected chi connectivity index (χ4v) is 2.46. The molecule has 2 aromatic rings. The van der Waals surface area contributed by atoms with Gasteiger partial charge in [-0.3, -0.25) is 0 Å². The van der Waals surface area contributed by atoms with Crippen LogP contribution in [0.25, 0.3) is 0 Å². The van der Waals surface area contributed by atoms with E-state index in [1.165, 1.54) is 0 Å². The maximum Gasteiger partial charge on any atom is 0.228 e. The molecular formula is C16H17F2N3O. The highest BCUT2D eigenvalue weighted by molar-refractivity contribution is 5.35. The van der Waals surface area contributed by atoms with Gasteiger partial charge in [0.2, 0.25) is 11.8 Å². The van der Waals surface area contributed by atoms with E-state index < -0.39 is 11.6 Å². The highest BCUT2D eigenvalue weighted by atomic mass is 19.1. The molecular weight excluding hydrogens is 288 g/mol. The molecule has 0 unspecified atom stereocenters. The molecule has 0 atom stereocenters. The minimum atomic E-state index is -0.494. The van der Waals surface area contributed by atoms with Crippen LogP contribution in [0.1, 0.15) is 24.1 Å². The second-order valence-corrected chi connectivity index (χ2v) is 5.37. The fraction of sp³-hybridized carbons (Fsp3) is 0.375. The van der Waals surface area contributed by atoms with E-state index in [9.17, 15) is 8.78 Å². The Bertz CT molecular complexity index is 672. The van der Waals surface area contributed by atoms with E-state index >= 15 is 0 Å². The van der Waals surface area contributed by atoms with E-state index in [-0.39, 0.29) is 12.2 Å². The molecule has 6 heteroatoms. The van der Waals surface area contributed by atoms with Crippen LogP contribution in [-0.4, -0.2) is 23.1 Å². The van der Waals surface area contributed by atoms with Gasteiger partial charge in [0.25, 0.3) is 0 Å². The topological polar surface area (TPSA) is 38.2 Å². The van der Waals surface area contributed by atoms with Crippen molar-refractivity contribution >= 4 is 5.95 Å². The van der Waals surface area contributed by atoms with E-state index in [4.69, 9.17) is 4.74 Å². The average Bonchev–Trinajstić information content (AvgIpc) is 3.02. The summed E-state index contributed by atoms with van der Waals surface area (Å²) in [5, 5.41) is 0. The van der Waals surface area contributed by atoms with Crippen LogP contribution in [-0.2, 0) is 6.61 Å². The number of anilines is 1. The number of aromatic nitrogens is 2. The average molecular weight is 305 g/mol. The molecule has 1 aromatic carbocycles. The second kappa shape index (κ2) is 6.25. The minimum absolute atomic E-state index is 0.0700. The number of benzene rings is 1. The molecule has 0 aliphatic carbocycles. The van der Waals surface area contributed by atoms with Gasteiger partial charge in [0.15, 0.2) is 0 Å². The summed E-state index contributed by atoms with van der Waals surface area (Å²) in [5.74, 6) is 0.0221. The van der Waals surface area contributed by atoms with Gasteiger partial charge >= 0.3 is 0 Å². The molecule has 22 heavy (non-hydrogen) atoms. The smallest absolute Gasteiger partial charge is 0.228 e. The first-order valence-corrected chi connectivity index (χ1v) is 7.29. The SMILES string of the molecule is Cc1cc(OCc2cc(F)ccc2F)nc(N2CCCC2)n1. The van der Waals surface area contributed by atoms with Gasteiger partial charge in [-0.2, -0.15) is 4.98 Å². The Hall–Kier alpha value is -2.24. The van der Waals surface area contributed by atoms with E-state index in [1.54, 1.807) is 6.07 Å². The van der Waals surface area contributed by atoms with Gasteiger partial charge < -0.3 is 9.64 Å². The summed E-state index contributed by atoms with van der Waals surface area (Å²) >= 11 is 0. The molecule has 0 saturated carbocycles. The third-order valence-electron chi connectivity index (χ3n) is 3.59. The van der Waals surface area contributed by atoms with E-state index in [2.05, 4.69) is 14.9 Å². The minimum Gasteiger partial charge on any atom is -0.473 e. The van der Waals surface area contributed by atoms with Crippen molar-refractivity contribution in [3.63, 3.8) is 0 Å². The number of hydrogen-bond acceptors (Lipinski definition) is 4. The van der Waals surface area contributed by atoms with Crippen molar-refractivity contribution in [2.45, 2.75) is 26.4 Å². The summed E-state index contributed by atoms with van der Waals surface area (Å²) in [6.45, 7) is 3.65. The van der Waals surface area contributed by atoms with Gasteiger partial charge in [0.1, 0.15) is 18.2 Å².